The summed E-state index contributed by atoms with van der Waals surface area (Å²) in [4.78, 5) is 20.0. The van der Waals surface area contributed by atoms with Crippen LogP contribution < -0.4 is 9.64 Å². The first-order valence-corrected chi connectivity index (χ1v) is 12.2. The fourth-order valence-corrected chi connectivity index (χ4v) is 4.98. The molecular weight excluding hydrogens is 446 g/mol. The van der Waals surface area contributed by atoms with Gasteiger partial charge in [0.1, 0.15) is 11.6 Å². The molecule has 4 aromatic rings. The number of para-hydroxylation sites is 4. The average Bonchev–Trinajstić information content (AvgIpc) is 3.43. The third kappa shape index (κ3) is 4.40. The number of ether oxygens (including phenoxy) is 1. The quantitative estimate of drug-likeness (QED) is 0.284. The molecule has 0 N–H and O–H groups in total. The molecule has 2 heterocycles. The van der Waals surface area contributed by atoms with Crippen molar-refractivity contribution < 1.29 is 9.53 Å². The normalized spacial score (nSPS) is 15.9. The Kier molecular flexibility index (Phi) is 6.54. The Morgan fingerprint density at radius 1 is 1.03 bits per heavy atom. The van der Waals surface area contributed by atoms with E-state index < -0.39 is 0 Å². The van der Waals surface area contributed by atoms with Crippen LogP contribution in [-0.4, -0.2) is 28.6 Å². The molecule has 5 nitrogen and oxygen atoms in total. The summed E-state index contributed by atoms with van der Waals surface area (Å²) in [6.07, 6.45) is 2.17. The number of benzene rings is 3. The second-order valence-electron chi connectivity index (χ2n) is 8.63. The average molecular weight is 474 g/mol. The molecule has 0 radical (unpaired) electrons. The monoisotopic (exact) mass is 473 g/mol. The van der Waals surface area contributed by atoms with Crippen molar-refractivity contribution in [3.63, 3.8) is 0 Å². The third-order valence-electron chi connectivity index (χ3n) is 6.46. The number of aryl methyl sites for hydroxylation is 2. The second-order valence-corrected chi connectivity index (χ2v) is 9.04. The van der Waals surface area contributed by atoms with E-state index in [9.17, 15) is 4.79 Å². The standard InChI is InChI=1S/C28H28ClN3O2/c1-2-20-10-3-6-13-24(20)32-19-21(18-27(32)33)28-30-23-12-5-7-14-25(23)31(28)16-9-17-34-26-15-8-4-11-22(26)29/h3-8,10-15,21H,2,9,16-19H2,1H3/t21-/m0/s1. The Labute approximate surface area is 204 Å². The molecule has 0 unspecified atom stereocenters. The predicted octanol–water partition coefficient (Wildman–Crippen LogP) is 6.24. The Bertz CT molecular complexity index is 1320. The number of nitrogens with zero attached hydrogens (tertiary/aromatic N) is 3. The fourth-order valence-electron chi connectivity index (χ4n) is 4.79. The number of hydrogen-bond donors (Lipinski definition) is 0. The smallest absolute Gasteiger partial charge is 0.227 e. The number of fused-ring (bicyclic) bond motifs is 1. The van der Waals surface area contributed by atoms with Gasteiger partial charge in [-0.25, -0.2) is 4.98 Å². The molecule has 5 rings (SSSR count). The molecule has 174 valence electrons. The maximum absolute atomic E-state index is 13.1. The SMILES string of the molecule is CCc1ccccc1N1C[C@@H](c2nc3ccccc3n2CCCOc2ccccc2Cl)CC1=O. The highest BCUT2D eigenvalue weighted by Gasteiger charge is 2.35. The van der Waals surface area contributed by atoms with E-state index in [0.29, 0.717) is 30.3 Å². The number of amides is 1. The number of carbonyl (C=O) groups excluding carboxylic acids is 1. The lowest BCUT2D eigenvalue weighted by atomic mass is 10.1. The van der Waals surface area contributed by atoms with E-state index >= 15 is 0 Å². The van der Waals surface area contributed by atoms with Gasteiger partial charge in [0.15, 0.2) is 0 Å². The lowest BCUT2D eigenvalue weighted by molar-refractivity contribution is -0.117. The van der Waals surface area contributed by atoms with Gasteiger partial charge >= 0.3 is 0 Å². The maximum Gasteiger partial charge on any atom is 0.227 e. The molecule has 0 aliphatic carbocycles. The number of aromatic nitrogens is 2. The van der Waals surface area contributed by atoms with E-state index in [1.54, 1.807) is 0 Å². The van der Waals surface area contributed by atoms with Crippen molar-refractivity contribution in [3.8, 4) is 5.75 Å². The number of rotatable bonds is 8. The minimum absolute atomic E-state index is 0.0503. The Morgan fingerprint density at radius 2 is 1.79 bits per heavy atom. The molecule has 3 aromatic carbocycles. The van der Waals surface area contributed by atoms with Crippen LogP contribution in [0.4, 0.5) is 5.69 Å². The van der Waals surface area contributed by atoms with Gasteiger partial charge in [-0.3, -0.25) is 4.79 Å². The van der Waals surface area contributed by atoms with Crippen LogP contribution in [0.15, 0.2) is 72.8 Å². The Hall–Kier alpha value is -3.31. The second kappa shape index (κ2) is 9.90. The molecule has 0 saturated carbocycles. The highest BCUT2D eigenvalue weighted by molar-refractivity contribution is 6.32. The predicted molar refractivity (Wildman–Crippen MR) is 137 cm³/mol. The van der Waals surface area contributed by atoms with E-state index in [1.165, 1.54) is 5.56 Å². The number of carbonyl (C=O) groups is 1. The highest BCUT2D eigenvalue weighted by Crippen LogP contribution is 2.35. The van der Waals surface area contributed by atoms with Gasteiger partial charge in [-0.1, -0.05) is 61.0 Å². The summed E-state index contributed by atoms with van der Waals surface area (Å²) < 4.78 is 8.16. The molecule has 1 fully saturated rings. The Morgan fingerprint density at radius 3 is 2.65 bits per heavy atom. The van der Waals surface area contributed by atoms with Crippen LogP contribution in [0.25, 0.3) is 11.0 Å². The number of hydrogen-bond acceptors (Lipinski definition) is 3. The lowest BCUT2D eigenvalue weighted by Gasteiger charge is -2.20. The molecule has 0 spiro atoms. The summed E-state index contributed by atoms with van der Waals surface area (Å²) >= 11 is 6.21. The topological polar surface area (TPSA) is 47.4 Å². The molecule has 1 aliphatic rings. The van der Waals surface area contributed by atoms with Crippen molar-refractivity contribution >= 4 is 34.2 Å². The van der Waals surface area contributed by atoms with Gasteiger partial charge in [0.2, 0.25) is 5.91 Å². The molecular formula is C28H28ClN3O2. The first-order chi connectivity index (χ1) is 16.7. The van der Waals surface area contributed by atoms with Gasteiger partial charge in [0.25, 0.3) is 0 Å². The van der Waals surface area contributed by atoms with Crippen molar-refractivity contribution in [2.45, 2.75) is 38.6 Å². The van der Waals surface area contributed by atoms with E-state index in [1.807, 2.05) is 65.6 Å². The summed E-state index contributed by atoms with van der Waals surface area (Å²) in [6.45, 7) is 4.09. The van der Waals surface area contributed by atoms with E-state index in [4.69, 9.17) is 21.3 Å². The van der Waals surface area contributed by atoms with Crippen LogP contribution in [-0.2, 0) is 17.8 Å². The largest absolute Gasteiger partial charge is 0.492 e. The number of imidazole rings is 1. The van der Waals surface area contributed by atoms with Crippen LogP contribution >= 0.6 is 11.6 Å². The van der Waals surface area contributed by atoms with Crippen molar-refractivity contribution in [1.82, 2.24) is 9.55 Å². The van der Waals surface area contributed by atoms with Crippen LogP contribution in [0.2, 0.25) is 5.02 Å². The van der Waals surface area contributed by atoms with E-state index in [2.05, 4.69) is 23.6 Å². The van der Waals surface area contributed by atoms with Gasteiger partial charge in [-0.2, -0.15) is 0 Å². The van der Waals surface area contributed by atoms with Crippen LogP contribution in [0.5, 0.6) is 5.75 Å². The summed E-state index contributed by atoms with van der Waals surface area (Å²) in [5.74, 6) is 1.89. The summed E-state index contributed by atoms with van der Waals surface area (Å²) in [5.41, 5.74) is 4.27. The Balaban J connectivity index is 1.37. The summed E-state index contributed by atoms with van der Waals surface area (Å²) in [6, 6.07) is 23.9. The fraction of sp³-hybridized carbons (Fsp3) is 0.286. The summed E-state index contributed by atoms with van der Waals surface area (Å²) in [7, 11) is 0. The molecule has 0 bridgehead atoms. The minimum Gasteiger partial charge on any atom is -0.492 e. The van der Waals surface area contributed by atoms with Crippen LogP contribution in [0.3, 0.4) is 0 Å². The summed E-state index contributed by atoms with van der Waals surface area (Å²) in [5, 5.41) is 0.619. The van der Waals surface area contributed by atoms with Gasteiger partial charge in [-0.05, 0) is 48.7 Å². The zero-order chi connectivity index (χ0) is 23.5. The first-order valence-electron chi connectivity index (χ1n) is 11.9. The molecule has 1 aromatic heterocycles. The van der Waals surface area contributed by atoms with Crippen molar-refractivity contribution in [1.29, 1.82) is 0 Å². The van der Waals surface area contributed by atoms with E-state index in [0.717, 1.165) is 41.9 Å². The van der Waals surface area contributed by atoms with Gasteiger partial charge < -0.3 is 14.2 Å². The number of halogens is 1. The zero-order valence-corrected chi connectivity index (χ0v) is 20.0. The molecule has 1 aliphatic heterocycles. The minimum atomic E-state index is 0.0503. The third-order valence-corrected chi connectivity index (χ3v) is 6.77. The van der Waals surface area contributed by atoms with Gasteiger partial charge in [0, 0.05) is 31.1 Å². The van der Waals surface area contributed by atoms with Gasteiger partial charge in [-0.15, -0.1) is 0 Å². The lowest BCUT2D eigenvalue weighted by Crippen LogP contribution is -2.25. The molecule has 1 atom stereocenters. The van der Waals surface area contributed by atoms with Crippen molar-refractivity contribution in [2.24, 2.45) is 0 Å². The van der Waals surface area contributed by atoms with Crippen molar-refractivity contribution in [3.05, 3.63) is 89.2 Å². The maximum atomic E-state index is 13.1. The highest BCUT2D eigenvalue weighted by atomic mass is 35.5. The van der Waals surface area contributed by atoms with Crippen LogP contribution in [0, 0.1) is 0 Å². The van der Waals surface area contributed by atoms with Gasteiger partial charge in [0.05, 0.1) is 22.7 Å². The van der Waals surface area contributed by atoms with Crippen LogP contribution in [0.1, 0.15) is 37.1 Å². The number of anilines is 1. The first kappa shape index (κ1) is 22.5. The molecule has 1 saturated heterocycles. The zero-order valence-electron chi connectivity index (χ0n) is 19.3. The van der Waals surface area contributed by atoms with Crippen molar-refractivity contribution in [2.75, 3.05) is 18.1 Å². The molecule has 1 amide bonds. The van der Waals surface area contributed by atoms with E-state index in [-0.39, 0.29) is 11.8 Å². The molecule has 6 heteroatoms. The molecule has 34 heavy (non-hydrogen) atoms.